The second-order valence-corrected chi connectivity index (χ2v) is 3.40. The molecule has 0 saturated heterocycles. The van der Waals surface area contributed by atoms with E-state index in [-0.39, 0.29) is 0 Å². The summed E-state index contributed by atoms with van der Waals surface area (Å²) >= 11 is 1.59. The van der Waals surface area contributed by atoms with Crippen molar-refractivity contribution in [3.05, 3.63) is 34.6 Å². The Morgan fingerprint density at radius 3 is 3.08 bits per heavy atom. The van der Waals surface area contributed by atoms with Crippen molar-refractivity contribution in [1.82, 2.24) is 4.98 Å². The van der Waals surface area contributed by atoms with Crippen molar-refractivity contribution in [2.24, 2.45) is 0 Å². The van der Waals surface area contributed by atoms with Crippen molar-refractivity contribution in [1.29, 1.82) is 0 Å². The topological polar surface area (TPSA) is 17.2 Å². The lowest BCUT2D eigenvalue weighted by Gasteiger charge is -1.94. The first-order valence-electron chi connectivity index (χ1n) is 3.53. The number of benzene rings is 1. The van der Waals surface area contributed by atoms with Gasteiger partial charge in [-0.1, -0.05) is 12.1 Å². The SMILES string of the molecule is [C-]#[N+]c1ccc(C)c2scnc12. The van der Waals surface area contributed by atoms with Gasteiger partial charge in [0.2, 0.25) is 5.69 Å². The Labute approximate surface area is 74.3 Å². The molecule has 0 radical (unpaired) electrons. The summed E-state index contributed by atoms with van der Waals surface area (Å²) in [6, 6.07) is 3.79. The highest BCUT2D eigenvalue weighted by atomic mass is 32.1. The van der Waals surface area contributed by atoms with Gasteiger partial charge in [-0.2, -0.15) is 0 Å². The molecule has 0 fully saturated rings. The second kappa shape index (κ2) is 2.58. The van der Waals surface area contributed by atoms with Crippen molar-refractivity contribution >= 4 is 27.2 Å². The summed E-state index contributed by atoms with van der Waals surface area (Å²) in [5.41, 5.74) is 4.47. The lowest BCUT2D eigenvalue weighted by Crippen LogP contribution is -1.72. The van der Waals surface area contributed by atoms with E-state index in [9.17, 15) is 0 Å². The summed E-state index contributed by atoms with van der Waals surface area (Å²) in [6.45, 7) is 8.96. The van der Waals surface area contributed by atoms with E-state index in [0.717, 1.165) is 10.2 Å². The van der Waals surface area contributed by atoms with E-state index in [1.165, 1.54) is 5.56 Å². The molecule has 2 aromatic rings. The van der Waals surface area contributed by atoms with Gasteiger partial charge in [0.05, 0.1) is 17.6 Å². The predicted octanol–water partition coefficient (Wildman–Crippen LogP) is 3.16. The van der Waals surface area contributed by atoms with Crippen LogP contribution in [0.2, 0.25) is 0 Å². The molecule has 0 amide bonds. The fraction of sp³-hybridized carbons (Fsp3) is 0.111. The zero-order chi connectivity index (χ0) is 8.55. The average Bonchev–Trinajstić information content (AvgIpc) is 2.54. The van der Waals surface area contributed by atoms with Gasteiger partial charge in [-0.25, -0.2) is 4.85 Å². The number of aryl methyl sites for hydroxylation is 1. The molecule has 0 saturated carbocycles. The van der Waals surface area contributed by atoms with Gasteiger partial charge in [-0.15, -0.1) is 11.3 Å². The maximum Gasteiger partial charge on any atom is 0.213 e. The Balaban J connectivity index is 2.94. The summed E-state index contributed by atoms with van der Waals surface area (Å²) in [6.07, 6.45) is 0. The highest BCUT2D eigenvalue weighted by Crippen LogP contribution is 2.29. The Morgan fingerprint density at radius 1 is 1.50 bits per heavy atom. The van der Waals surface area contributed by atoms with Crippen LogP contribution < -0.4 is 0 Å². The van der Waals surface area contributed by atoms with Gasteiger partial charge in [0, 0.05) is 4.70 Å². The Morgan fingerprint density at radius 2 is 2.33 bits per heavy atom. The van der Waals surface area contributed by atoms with Crippen LogP contribution in [0.1, 0.15) is 5.56 Å². The molecule has 1 heterocycles. The molecule has 0 N–H and O–H groups in total. The molecule has 1 aromatic carbocycles. The minimum atomic E-state index is 0.650. The molecule has 1 aromatic heterocycles. The van der Waals surface area contributed by atoms with Crippen molar-refractivity contribution in [2.45, 2.75) is 6.92 Å². The highest BCUT2D eigenvalue weighted by Gasteiger charge is 2.04. The molecule has 0 bridgehead atoms. The van der Waals surface area contributed by atoms with E-state index in [1.807, 2.05) is 19.1 Å². The van der Waals surface area contributed by atoms with Crippen molar-refractivity contribution in [3.8, 4) is 0 Å². The normalized spacial score (nSPS) is 10.0. The van der Waals surface area contributed by atoms with Gasteiger partial charge in [-0.3, -0.25) is 4.98 Å². The Hall–Kier alpha value is -1.40. The molecule has 0 aliphatic carbocycles. The van der Waals surface area contributed by atoms with E-state index in [0.29, 0.717) is 5.69 Å². The maximum absolute atomic E-state index is 6.92. The van der Waals surface area contributed by atoms with E-state index < -0.39 is 0 Å². The lowest BCUT2D eigenvalue weighted by atomic mass is 10.2. The maximum atomic E-state index is 6.92. The predicted molar refractivity (Wildman–Crippen MR) is 50.6 cm³/mol. The third kappa shape index (κ3) is 0.892. The van der Waals surface area contributed by atoms with Crippen LogP contribution in [-0.2, 0) is 0 Å². The molecular formula is C9H6N2S. The van der Waals surface area contributed by atoms with Crippen LogP contribution in [0, 0.1) is 13.5 Å². The molecule has 0 spiro atoms. The highest BCUT2D eigenvalue weighted by molar-refractivity contribution is 7.17. The number of nitrogens with zero attached hydrogens (tertiary/aromatic N) is 2. The van der Waals surface area contributed by atoms with Gasteiger partial charge in [0.1, 0.15) is 0 Å². The van der Waals surface area contributed by atoms with Crippen LogP contribution in [0.5, 0.6) is 0 Å². The van der Waals surface area contributed by atoms with Gasteiger partial charge in [-0.05, 0) is 12.5 Å². The van der Waals surface area contributed by atoms with Gasteiger partial charge >= 0.3 is 0 Å². The first kappa shape index (κ1) is 7.26. The summed E-state index contributed by atoms with van der Waals surface area (Å²) in [5.74, 6) is 0. The summed E-state index contributed by atoms with van der Waals surface area (Å²) in [4.78, 5) is 7.56. The third-order valence-corrected chi connectivity index (χ3v) is 2.74. The third-order valence-electron chi connectivity index (χ3n) is 1.78. The van der Waals surface area contributed by atoms with Crippen molar-refractivity contribution in [3.63, 3.8) is 0 Å². The molecule has 0 atom stereocenters. The summed E-state index contributed by atoms with van der Waals surface area (Å²) in [7, 11) is 0. The summed E-state index contributed by atoms with van der Waals surface area (Å²) < 4.78 is 1.13. The standard InChI is InChI=1S/C9H6N2S/c1-6-3-4-7(10-2)8-9(6)12-5-11-8/h3-5H,1H3. The van der Waals surface area contributed by atoms with Gasteiger partial charge < -0.3 is 0 Å². The first-order valence-corrected chi connectivity index (χ1v) is 4.41. The summed E-state index contributed by atoms with van der Waals surface area (Å²) in [5, 5.41) is 0. The van der Waals surface area contributed by atoms with Gasteiger partial charge in [0.25, 0.3) is 0 Å². The molecule has 12 heavy (non-hydrogen) atoms. The van der Waals surface area contributed by atoms with Crippen LogP contribution in [0.25, 0.3) is 15.1 Å². The molecule has 2 nitrogen and oxygen atoms in total. The fourth-order valence-electron chi connectivity index (χ4n) is 1.16. The van der Waals surface area contributed by atoms with Gasteiger partial charge in [0.15, 0.2) is 0 Å². The monoisotopic (exact) mass is 174 g/mol. The number of rotatable bonds is 0. The second-order valence-electron chi connectivity index (χ2n) is 2.54. The van der Waals surface area contributed by atoms with Crippen molar-refractivity contribution in [2.75, 3.05) is 0 Å². The average molecular weight is 174 g/mol. The number of hydrogen-bond acceptors (Lipinski definition) is 2. The lowest BCUT2D eigenvalue weighted by molar-refractivity contribution is 1.48. The molecular weight excluding hydrogens is 168 g/mol. The smallest absolute Gasteiger partial charge is 0.213 e. The van der Waals surface area contributed by atoms with E-state index >= 15 is 0 Å². The zero-order valence-electron chi connectivity index (χ0n) is 6.53. The largest absolute Gasteiger partial charge is 0.256 e. The number of thiazole rings is 1. The van der Waals surface area contributed by atoms with Crippen molar-refractivity contribution < 1.29 is 0 Å². The number of aromatic nitrogens is 1. The number of fused-ring (bicyclic) bond motifs is 1. The zero-order valence-corrected chi connectivity index (χ0v) is 7.35. The molecule has 58 valence electrons. The number of hydrogen-bond donors (Lipinski definition) is 0. The minimum absolute atomic E-state index is 0.650. The molecule has 0 aliphatic heterocycles. The molecule has 3 heteroatoms. The molecule has 2 rings (SSSR count). The Bertz CT molecular complexity index is 465. The van der Waals surface area contributed by atoms with Crippen LogP contribution in [0.15, 0.2) is 17.6 Å². The quantitative estimate of drug-likeness (QED) is 0.561. The van der Waals surface area contributed by atoms with E-state index in [1.54, 1.807) is 16.8 Å². The fourth-order valence-corrected chi connectivity index (χ4v) is 1.94. The van der Waals surface area contributed by atoms with Crippen LogP contribution in [0.4, 0.5) is 5.69 Å². The van der Waals surface area contributed by atoms with Crippen LogP contribution in [0.3, 0.4) is 0 Å². The van der Waals surface area contributed by atoms with E-state index in [4.69, 9.17) is 6.57 Å². The first-order chi connectivity index (χ1) is 5.83. The van der Waals surface area contributed by atoms with E-state index in [2.05, 4.69) is 9.83 Å². The Kier molecular flexibility index (Phi) is 1.56. The molecule has 0 aliphatic rings. The van der Waals surface area contributed by atoms with Crippen LogP contribution in [-0.4, -0.2) is 4.98 Å². The van der Waals surface area contributed by atoms with Crippen LogP contribution >= 0.6 is 11.3 Å². The molecule has 0 unspecified atom stereocenters. The minimum Gasteiger partial charge on any atom is -0.256 e.